The fourth-order valence-corrected chi connectivity index (χ4v) is 5.30. The van der Waals surface area contributed by atoms with Crippen LogP contribution in [0, 0.1) is 11.8 Å². The van der Waals surface area contributed by atoms with E-state index in [9.17, 15) is 13.2 Å². The van der Waals surface area contributed by atoms with Crippen molar-refractivity contribution >= 4 is 27.4 Å². The summed E-state index contributed by atoms with van der Waals surface area (Å²) in [4.78, 5) is 17.3. The van der Waals surface area contributed by atoms with Gasteiger partial charge < -0.3 is 9.80 Å². The third kappa shape index (κ3) is 3.43. The van der Waals surface area contributed by atoms with Gasteiger partial charge in [0, 0.05) is 57.7 Å². The Morgan fingerprint density at radius 3 is 2.32 bits per heavy atom. The molecule has 2 aliphatic heterocycles. The number of benzene rings is 1. The van der Waals surface area contributed by atoms with Crippen LogP contribution in [0.5, 0.6) is 0 Å². The predicted octanol–water partition coefficient (Wildman–Crippen LogP) is 0.583. The lowest BCUT2D eigenvalue weighted by Crippen LogP contribution is -2.33. The van der Waals surface area contributed by atoms with Gasteiger partial charge >= 0.3 is 0 Å². The topological polar surface area (TPSA) is 104 Å². The van der Waals surface area contributed by atoms with Crippen LogP contribution in [0.1, 0.15) is 10.4 Å². The summed E-state index contributed by atoms with van der Waals surface area (Å²) in [5.41, 5.74) is 1.22. The van der Waals surface area contributed by atoms with Crippen molar-refractivity contribution in [3.05, 3.63) is 48.3 Å². The largest absolute Gasteiger partial charge is 0.354 e. The van der Waals surface area contributed by atoms with E-state index in [1.165, 1.54) is 26.2 Å². The molecule has 2 fully saturated rings. The second-order valence-electron chi connectivity index (χ2n) is 8.27. The molecular weight excluding hydrogens is 418 g/mol. The van der Waals surface area contributed by atoms with Crippen LogP contribution in [0.2, 0.25) is 0 Å². The Morgan fingerprint density at radius 1 is 1.00 bits per heavy atom. The molecule has 1 aromatic carbocycles. The average molecular weight is 442 g/mol. The molecule has 31 heavy (non-hydrogen) atoms. The molecule has 2 aliphatic rings. The minimum Gasteiger partial charge on any atom is -0.354 e. The van der Waals surface area contributed by atoms with Crippen LogP contribution in [-0.2, 0) is 10.0 Å². The van der Waals surface area contributed by atoms with Gasteiger partial charge in [-0.15, -0.1) is 15.3 Å². The molecule has 2 aromatic heterocycles. The summed E-state index contributed by atoms with van der Waals surface area (Å²) in [6.45, 7) is 3.06. The number of carbonyl (C=O) groups excluding carboxylic acids is 1. The molecule has 0 saturated carbocycles. The van der Waals surface area contributed by atoms with Crippen molar-refractivity contribution in [2.45, 2.75) is 4.90 Å². The van der Waals surface area contributed by atoms with Crippen molar-refractivity contribution in [3.8, 4) is 0 Å². The highest BCUT2D eigenvalue weighted by Crippen LogP contribution is 2.34. The summed E-state index contributed by atoms with van der Waals surface area (Å²) in [6.07, 6.45) is 1.59. The lowest BCUT2D eigenvalue weighted by atomic mass is 10.0. The van der Waals surface area contributed by atoms with Gasteiger partial charge in [0.05, 0.1) is 4.90 Å². The number of rotatable bonds is 4. The van der Waals surface area contributed by atoms with Crippen LogP contribution in [0.15, 0.2) is 47.6 Å². The summed E-state index contributed by atoms with van der Waals surface area (Å²) in [7, 11) is -0.533. The smallest absolute Gasteiger partial charge is 0.253 e. The number of hydrogen-bond acceptors (Lipinski definition) is 7. The van der Waals surface area contributed by atoms with Gasteiger partial charge in [-0.05, 0) is 36.4 Å². The van der Waals surface area contributed by atoms with E-state index in [-0.39, 0.29) is 10.8 Å². The number of carbonyl (C=O) groups is 1. The SMILES string of the molecule is CN(C)S(=O)(=O)c1ccc(C(=O)N2CC3CN(c4ccc5nncn5n4)CC3C2)cc1. The lowest BCUT2D eigenvalue weighted by Gasteiger charge is -2.22. The van der Waals surface area contributed by atoms with Gasteiger partial charge in [-0.25, -0.2) is 12.7 Å². The Labute approximate surface area is 180 Å². The average Bonchev–Trinajstić information content (AvgIpc) is 3.47. The molecular formula is C20H23N7O3S. The Morgan fingerprint density at radius 2 is 1.68 bits per heavy atom. The Balaban J connectivity index is 1.25. The van der Waals surface area contributed by atoms with Gasteiger partial charge in [-0.3, -0.25) is 4.79 Å². The number of aromatic nitrogens is 4. The number of fused-ring (bicyclic) bond motifs is 2. The molecule has 2 atom stereocenters. The molecule has 0 radical (unpaired) electrons. The first-order chi connectivity index (χ1) is 14.8. The number of sulfonamides is 1. The lowest BCUT2D eigenvalue weighted by molar-refractivity contribution is 0.0782. The molecule has 4 heterocycles. The van der Waals surface area contributed by atoms with Crippen LogP contribution >= 0.6 is 0 Å². The van der Waals surface area contributed by atoms with Crippen LogP contribution < -0.4 is 4.90 Å². The van der Waals surface area contributed by atoms with E-state index in [1.54, 1.807) is 23.0 Å². The van der Waals surface area contributed by atoms with E-state index in [2.05, 4.69) is 20.2 Å². The van der Waals surface area contributed by atoms with Gasteiger partial charge in [-0.2, -0.15) is 4.52 Å². The molecule has 3 aromatic rings. The molecule has 5 rings (SSSR count). The normalized spacial score (nSPS) is 21.3. The first-order valence-electron chi connectivity index (χ1n) is 10.1. The summed E-state index contributed by atoms with van der Waals surface area (Å²) >= 11 is 0. The minimum absolute atomic E-state index is 0.0567. The first-order valence-corrected chi connectivity index (χ1v) is 11.5. The second-order valence-corrected chi connectivity index (χ2v) is 10.4. The van der Waals surface area contributed by atoms with E-state index in [1.807, 2.05) is 17.0 Å². The van der Waals surface area contributed by atoms with Crippen LogP contribution in [0.25, 0.3) is 5.65 Å². The minimum atomic E-state index is -3.51. The molecule has 162 valence electrons. The monoisotopic (exact) mass is 441 g/mol. The highest BCUT2D eigenvalue weighted by molar-refractivity contribution is 7.89. The maximum Gasteiger partial charge on any atom is 0.253 e. The quantitative estimate of drug-likeness (QED) is 0.583. The highest BCUT2D eigenvalue weighted by atomic mass is 32.2. The molecule has 2 saturated heterocycles. The van der Waals surface area contributed by atoms with Crippen molar-refractivity contribution in [1.82, 2.24) is 29.0 Å². The van der Waals surface area contributed by atoms with E-state index >= 15 is 0 Å². The summed E-state index contributed by atoms with van der Waals surface area (Å²) in [5.74, 6) is 1.60. The Kier molecular flexibility index (Phi) is 4.67. The second kappa shape index (κ2) is 7.27. The Hall–Kier alpha value is -3.05. The molecule has 11 heteroatoms. The van der Waals surface area contributed by atoms with E-state index < -0.39 is 10.0 Å². The van der Waals surface area contributed by atoms with Gasteiger partial charge in [0.15, 0.2) is 5.65 Å². The fraction of sp³-hybridized carbons (Fsp3) is 0.400. The van der Waals surface area contributed by atoms with E-state index in [4.69, 9.17) is 0 Å². The van der Waals surface area contributed by atoms with Crippen LogP contribution in [-0.4, -0.2) is 83.6 Å². The molecule has 0 aliphatic carbocycles. The van der Waals surface area contributed by atoms with Gasteiger partial charge in [0.25, 0.3) is 5.91 Å². The van der Waals surface area contributed by atoms with Gasteiger partial charge in [0.1, 0.15) is 12.1 Å². The first kappa shape index (κ1) is 19.9. The highest BCUT2D eigenvalue weighted by Gasteiger charge is 2.42. The maximum absolute atomic E-state index is 13.0. The molecule has 2 unspecified atom stereocenters. The molecule has 0 bridgehead atoms. The van der Waals surface area contributed by atoms with Gasteiger partial charge in [0.2, 0.25) is 10.0 Å². The van der Waals surface area contributed by atoms with Crippen molar-refractivity contribution in [2.24, 2.45) is 11.8 Å². The van der Waals surface area contributed by atoms with Crippen molar-refractivity contribution in [2.75, 3.05) is 45.2 Å². The number of anilines is 1. The number of likely N-dealkylation sites (tertiary alicyclic amines) is 1. The van der Waals surface area contributed by atoms with Crippen molar-refractivity contribution in [3.63, 3.8) is 0 Å². The summed E-state index contributed by atoms with van der Waals surface area (Å²) in [5, 5.41) is 12.4. The van der Waals surface area contributed by atoms with E-state index in [0.29, 0.717) is 36.1 Å². The molecule has 1 amide bonds. The number of nitrogens with zero attached hydrogens (tertiary/aromatic N) is 7. The summed E-state index contributed by atoms with van der Waals surface area (Å²) < 4.78 is 27.3. The Bertz CT molecular complexity index is 1230. The summed E-state index contributed by atoms with van der Waals surface area (Å²) in [6, 6.07) is 10.0. The van der Waals surface area contributed by atoms with Crippen LogP contribution in [0.3, 0.4) is 0 Å². The third-order valence-corrected chi connectivity index (χ3v) is 7.95. The molecule has 0 spiro atoms. The predicted molar refractivity (Wildman–Crippen MR) is 113 cm³/mol. The number of amides is 1. The van der Waals surface area contributed by atoms with Crippen LogP contribution in [0.4, 0.5) is 5.82 Å². The zero-order valence-corrected chi connectivity index (χ0v) is 18.1. The third-order valence-electron chi connectivity index (χ3n) is 6.12. The van der Waals surface area contributed by atoms with Gasteiger partial charge in [-0.1, -0.05) is 0 Å². The standard InChI is InChI=1S/C20H23N7O3S/c1-24(2)31(29,30)17-5-3-14(4-6-17)20(28)26-11-15-9-25(10-16(15)12-26)19-8-7-18-22-21-13-27(18)23-19/h3-8,13,15-16H,9-12H2,1-2H3. The van der Waals surface area contributed by atoms with Crippen molar-refractivity contribution in [1.29, 1.82) is 0 Å². The maximum atomic E-state index is 13.0. The van der Waals surface area contributed by atoms with Crippen molar-refractivity contribution < 1.29 is 13.2 Å². The zero-order valence-electron chi connectivity index (χ0n) is 17.3. The van der Waals surface area contributed by atoms with E-state index in [0.717, 1.165) is 23.2 Å². The molecule has 10 nitrogen and oxygen atoms in total. The number of hydrogen-bond donors (Lipinski definition) is 0. The molecule has 0 N–H and O–H groups in total. The fourth-order valence-electron chi connectivity index (χ4n) is 4.40. The zero-order chi connectivity index (χ0) is 21.8.